The molecule has 0 aromatic carbocycles. The molecule has 0 saturated heterocycles. The first-order chi connectivity index (χ1) is 5.11. The summed E-state index contributed by atoms with van der Waals surface area (Å²) >= 11 is 0. The fourth-order valence-corrected chi connectivity index (χ4v) is 0.960. The summed E-state index contributed by atoms with van der Waals surface area (Å²) in [6.45, 7) is 2.46. The van der Waals surface area contributed by atoms with Crippen LogP contribution in [0.4, 0.5) is 0 Å². The molecule has 62 valence electrons. The summed E-state index contributed by atoms with van der Waals surface area (Å²) in [5.41, 5.74) is 5.52. The summed E-state index contributed by atoms with van der Waals surface area (Å²) in [5.74, 6) is 0. The van der Waals surface area contributed by atoms with Gasteiger partial charge in [0.05, 0.1) is 0 Å². The number of aryl methyl sites for hydroxylation is 1. The zero-order chi connectivity index (χ0) is 8.43. The Kier molecular flexibility index (Phi) is 2.14. The zero-order valence-corrected chi connectivity index (χ0v) is 6.82. The van der Waals surface area contributed by atoms with Crippen molar-refractivity contribution in [2.75, 3.05) is 0 Å². The molecule has 1 aromatic rings. The molecule has 0 fully saturated rings. The van der Waals surface area contributed by atoms with Crippen LogP contribution in [0.1, 0.15) is 6.92 Å². The van der Waals surface area contributed by atoms with Crippen molar-refractivity contribution in [2.45, 2.75) is 19.5 Å². The molecule has 1 atom stereocenters. The van der Waals surface area contributed by atoms with Gasteiger partial charge in [0.25, 0.3) is 0 Å². The van der Waals surface area contributed by atoms with E-state index in [1.54, 1.807) is 24.0 Å². The Morgan fingerprint density at radius 2 is 2.27 bits per heavy atom. The Labute approximate surface area is 65.2 Å². The monoisotopic (exact) mass is 155 g/mol. The van der Waals surface area contributed by atoms with Crippen LogP contribution in [0.15, 0.2) is 17.2 Å². The number of hydrogen-bond acceptors (Lipinski definition) is 2. The van der Waals surface area contributed by atoms with Crippen molar-refractivity contribution in [1.82, 2.24) is 9.13 Å². The van der Waals surface area contributed by atoms with Crippen LogP contribution in [0.5, 0.6) is 0 Å². The van der Waals surface area contributed by atoms with E-state index >= 15 is 0 Å². The normalized spacial score (nSPS) is 13.4. The molecule has 1 aromatic heterocycles. The van der Waals surface area contributed by atoms with Gasteiger partial charge in [-0.1, -0.05) is 0 Å². The van der Waals surface area contributed by atoms with E-state index in [-0.39, 0.29) is 11.7 Å². The Morgan fingerprint density at radius 3 is 2.64 bits per heavy atom. The molecule has 4 heteroatoms. The fraction of sp³-hybridized carbons (Fsp3) is 0.571. The van der Waals surface area contributed by atoms with Crippen molar-refractivity contribution in [3.05, 3.63) is 22.9 Å². The summed E-state index contributed by atoms with van der Waals surface area (Å²) in [6.07, 6.45) is 3.47. The van der Waals surface area contributed by atoms with Gasteiger partial charge < -0.3 is 10.3 Å². The molecule has 0 radical (unpaired) electrons. The molecular weight excluding hydrogens is 142 g/mol. The van der Waals surface area contributed by atoms with Gasteiger partial charge in [-0.3, -0.25) is 4.57 Å². The van der Waals surface area contributed by atoms with Crippen molar-refractivity contribution < 1.29 is 0 Å². The third-order valence-corrected chi connectivity index (χ3v) is 1.50. The fourth-order valence-electron chi connectivity index (χ4n) is 0.960. The topological polar surface area (TPSA) is 52.9 Å². The maximum atomic E-state index is 11.2. The molecule has 2 N–H and O–H groups in total. The highest BCUT2D eigenvalue weighted by Gasteiger charge is 2.00. The van der Waals surface area contributed by atoms with Crippen LogP contribution >= 0.6 is 0 Å². The number of nitrogens with two attached hydrogens (primary N) is 1. The molecule has 0 aliphatic rings. The lowest BCUT2D eigenvalue weighted by atomic mass is 10.4. The quantitative estimate of drug-likeness (QED) is 0.628. The predicted octanol–water partition coefficient (Wildman–Crippen LogP) is -0.466. The van der Waals surface area contributed by atoms with Gasteiger partial charge >= 0.3 is 5.69 Å². The van der Waals surface area contributed by atoms with E-state index in [1.165, 1.54) is 4.57 Å². The highest BCUT2D eigenvalue weighted by Crippen LogP contribution is 1.84. The van der Waals surface area contributed by atoms with Gasteiger partial charge in [-0.05, 0) is 6.92 Å². The first kappa shape index (κ1) is 8.07. The highest BCUT2D eigenvalue weighted by atomic mass is 16.1. The van der Waals surface area contributed by atoms with Crippen LogP contribution in [0.2, 0.25) is 0 Å². The minimum absolute atomic E-state index is 0.0118. The highest BCUT2D eigenvalue weighted by molar-refractivity contribution is 4.80. The number of imidazole rings is 1. The first-order valence-corrected chi connectivity index (χ1v) is 3.58. The lowest BCUT2D eigenvalue weighted by Crippen LogP contribution is -2.30. The van der Waals surface area contributed by atoms with Crippen molar-refractivity contribution in [3.8, 4) is 0 Å². The van der Waals surface area contributed by atoms with Crippen molar-refractivity contribution in [2.24, 2.45) is 12.8 Å². The lowest BCUT2D eigenvalue weighted by molar-refractivity contribution is 0.566. The van der Waals surface area contributed by atoms with Crippen LogP contribution in [0.25, 0.3) is 0 Å². The molecule has 0 spiro atoms. The van der Waals surface area contributed by atoms with Crippen molar-refractivity contribution >= 4 is 0 Å². The molecule has 1 heterocycles. The second-order valence-corrected chi connectivity index (χ2v) is 2.82. The van der Waals surface area contributed by atoms with Crippen LogP contribution < -0.4 is 11.4 Å². The summed E-state index contributed by atoms with van der Waals surface area (Å²) in [4.78, 5) is 11.2. The van der Waals surface area contributed by atoms with E-state index in [0.29, 0.717) is 6.54 Å². The largest absolute Gasteiger partial charge is 0.327 e. The van der Waals surface area contributed by atoms with Crippen LogP contribution in [0.3, 0.4) is 0 Å². The first-order valence-electron chi connectivity index (χ1n) is 3.58. The van der Waals surface area contributed by atoms with Gasteiger partial charge in [0.15, 0.2) is 0 Å². The van der Waals surface area contributed by atoms with E-state index in [4.69, 9.17) is 5.73 Å². The smallest absolute Gasteiger partial charge is 0.326 e. The molecule has 0 aliphatic carbocycles. The van der Waals surface area contributed by atoms with E-state index < -0.39 is 0 Å². The maximum absolute atomic E-state index is 11.2. The van der Waals surface area contributed by atoms with Crippen molar-refractivity contribution in [3.63, 3.8) is 0 Å². The molecule has 1 rings (SSSR count). The third kappa shape index (κ3) is 1.71. The Hall–Kier alpha value is -1.03. The summed E-state index contributed by atoms with van der Waals surface area (Å²) in [6, 6.07) is 0.0232. The third-order valence-electron chi connectivity index (χ3n) is 1.50. The van der Waals surface area contributed by atoms with Crippen LogP contribution in [0, 0.1) is 0 Å². The molecule has 0 bridgehead atoms. The molecule has 4 nitrogen and oxygen atoms in total. The van der Waals surface area contributed by atoms with Gasteiger partial charge in [0, 0.05) is 32.0 Å². The van der Waals surface area contributed by atoms with Gasteiger partial charge in [-0.25, -0.2) is 4.79 Å². The van der Waals surface area contributed by atoms with Gasteiger partial charge in [0.1, 0.15) is 0 Å². The minimum atomic E-state index is -0.0118. The standard InChI is InChI=1S/C7H13N3O/c1-6(8)5-10-4-3-9(2)7(10)11/h3-4,6H,5,8H2,1-2H3/t6-/m0/s1. The second-order valence-electron chi connectivity index (χ2n) is 2.82. The number of rotatable bonds is 2. The Balaban J connectivity index is 2.88. The predicted molar refractivity (Wildman–Crippen MR) is 43.3 cm³/mol. The summed E-state index contributed by atoms with van der Waals surface area (Å²) in [7, 11) is 1.72. The summed E-state index contributed by atoms with van der Waals surface area (Å²) < 4.78 is 3.13. The lowest BCUT2D eigenvalue weighted by Gasteiger charge is -2.03. The maximum Gasteiger partial charge on any atom is 0.327 e. The number of hydrogen-bond donors (Lipinski definition) is 1. The number of aromatic nitrogens is 2. The van der Waals surface area contributed by atoms with E-state index in [1.807, 2.05) is 6.92 Å². The molecule has 0 amide bonds. The molecule has 0 aliphatic heterocycles. The Morgan fingerprint density at radius 1 is 1.64 bits per heavy atom. The zero-order valence-electron chi connectivity index (χ0n) is 6.82. The summed E-state index contributed by atoms with van der Waals surface area (Å²) in [5, 5.41) is 0. The SMILES string of the molecule is C[C@H](N)Cn1ccn(C)c1=O. The number of nitrogens with zero attached hydrogens (tertiary/aromatic N) is 2. The average molecular weight is 155 g/mol. The van der Waals surface area contributed by atoms with Crippen molar-refractivity contribution in [1.29, 1.82) is 0 Å². The van der Waals surface area contributed by atoms with Crippen LogP contribution in [-0.2, 0) is 13.6 Å². The average Bonchev–Trinajstić information content (AvgIpc) is 2.18. The second kappa shape index (κ2) is 2.92. The van der Waals surface area contributed by atoms with Gasteiger partial charge in [-0.15, -0.1) is 0 Å². The minimum Gasteiger partial charge on any atom is -0.326 e. The molecular formula is C7H13N3O. The molecule has 11 heavy (non-hydrogen) atoms. The van der Waals surface area contributed by atoms with E-state index in [2.05, 4.69) is 0 Å². The van der Waals surface area contributed by atoms with Gasteiger partial charge in [0.2, 0.25) is 0 Å². The van der Waals surface area contributed by atoms with E-state index in [0.717, 1.165) is 0 Å². The van der Waals surface area contributed by atoms with Gasteiger partial charge in [-0.2, -0.15) is 0 Å². The van der Waals surface area contributed by atoms with Crippen LogP contribution in [-0.4, -0.2) is 15.2 Å². The molecule has 0 saturated carbocycles. The molecule has 0 unspecified atom stereocenters. The van der Waals surface area contributed by atoms with E-state index in [9.17, 15) is 4.79 Å². The Bertz CT molecular complexity index is 284.